The van der Waals surface area contributed by atoms with Crippen LogP contribution in [0.4, 0.5) is 0 Å². The van der Waals surface area contributed by atoms with Gasteiger partial charge in [-0.05, 0) is 30.7 Å². The molecule has 0 aliphatic carbocycles. The zero-order valence-electron chi connectivity index (χ0n) is 11.5. The monoisotopic (exact) mass is 277 g/mol. The Balaban J connectivity index is 1.80. The first-order valence-corrected chi connectivity index (χ1v) is 7.06. The van der Waals surface area contributed by atoms with E-state index >= 15 is 0 Å². The molecule has 0 saturated heterocycles. The Labute approximate surface area is 122 Å². The summed E-state index contributed by atoms with van der Waals surface area (Å²) in [4.78, 5) is 16.3. The second kappa shape index (κ2) is 5.10. The van der Waals surface area contributed by atoms with Crippen LogP contribution in [-0.2, 0) is 0 Å². The van der Waals surface area contributed by atoms with Crippen LogP contribution in [0.15, 0.2) is 43.0 Å². The number of pyridine rings is 1. The lowest BCUT2D eigenvalue weighted by molar-refractivity contribution is 0.737. The molecule has 104 valence electrons. The van der Waals surface area contributed by atoms with Crippen molar-refractivity contribution in [2.24, 2.45) is 0 Å². The summed E-state index contributed by atoms with van der Waals surface area (Å²) in [5.74, 6) is 0. The van der Waals surface area contributed by atoms with E-state index in [-0.39, 0.29) is 0 Å². The van der Waals surface area contributed by atoms with E-state index in [0.717, 1.165) is 47.5 Å². The van der Waals surface area contributed by atoms with Gasteiger partial charge in [0.25, 0.3) is 0 Å². The van der Waals surface area contributed by atoms with E-state index in [1.165, 1.54) is 5.57 Å². The summed E-state index contributed by atoms with van der Waals surface area (Å²) in [7, 11) is 0. The summed E-state index contributed by atoms with van der Waals surface area (Å²) in [5.41, 5.74) is 5.20. The Morgan fingerprint density at radius 3 is 3.00 bits per heavy atom. The van der Waals surface area contributed by atoms with E-state index in [9.17, 15) is 0 Å². The van der Waals surface area contributed by atoms with E-state index in [4.69, 9.17) is 4.98 Å². The van der Waals surface area contributed by atoms with Crippen molar-refractivity contribution in [3.63, 3.8) is 0 Å². The van der Waals surface area contributed by atoms with Crippen LogP contribution in [0.1, 0.15) is 12.1 Å². The molecule has 0 aromatic carbocycles. The van der Waals surface area contributed by atoms with Crippen molar-refractivity contribution in [2.75, 3.05) is 13.1 Å². The fourth-order valence-electron chi connectivity index (χ4n) is 2.69. The van der Waals surface area contributed by atoms with Crippen molar-refractivity contribution in [3.05, 3.63) is 48.7 Å². The van der Waals surface area contributed by atoms with Gasteiger partial charge in [0.05, 0.1) is 11.4 Å². The van der Waals surface area contributed by atoms with Gasteiger partial charge in [-0.15, -0.1) is 0 Å². The molecule has 2 N–H and O–H groups in total. The molecule has 5 nitrogen and oxygen atoms in total. The van der Waals surface area contributed by atoms with E-state index in [1.54, 1.807) is 6.33 Å². The molecule has 0 fully saturated rings. The third-order valence-electron chi connectivity index (χ3n) is 3.77. The zero-order chi connectivity index (χ0) is 14.1. The maximum Gasteiger partial charge on any atom is 0.141 e. The van der Waals surface area contributed by atoms with Crippen LogP contribution in [0.25, 0.3) is 27.9 Å². The summed E-state index contributed by atoms with van der Waals surface area (Å²) in [6.45, 7) is 1.93. The second-order valence-corrected chi connectivity index (χ2v) is 5.08. The molecular formula is C16H15N5. The van der Waals surface area contributed by atoms with Gasteiger partial charge >= 0.3 is 0 Å². The fourth-order valence-corrected chi connectivity index (χ4v) is 2.69. The molecule has 0 atom stereocenters. The number of aromatic nitrogens is 4. The van der Waals surface area contributed by atoms with Gasteiger partial charge < -0.3 is 10.3 Å². The molecule has 0 saturated carbocycles. The molecule has 4 heterocycles. The topological polar surface area (TPSA) is 66.5 Å². The minimum absolute atomic E-state index is 0.841. The molecule has 0 unspecified atom stereocenters. The molecule has 3 aromatic rings. The van der Waals surface area contributed by atoms with E-state index in [1.807, 2.05) is 18.5 Å². The van der Waals surface area contributed by atoms with E-state index < -0.39 is 0 Å². The van der Waals surface area contributed by atoms with Crippen molar-refractivity contribution < 1.29 is 0 Å². The Hall–Kier alpha value is -2.53. The number of hydrogen-bond acceptors (Lipinski definition) is 4. The average Bonchev–Trinajstić information content (AvgIpc) is 3.00. The predicted molar refractivity (Wildman–Crippen MR) is 82.6 cm³/mol. The zero-order valence-corrected chi connectivity index (χ0v) is 11.5. The first-order valence-electron chi connectivity index (χ1n) is 7.06. The number of rotatable bonds is 2. The lowest BCUT2D eigenvalue weighted by atomic mass is 10.0. The van der Waals surface area contributed by atoms with Crippen molar-refractivity contribution in [1.29, 1.82) is 0 Å². The molecule has 0 spiro atoms. The van der Waals surface area contributed by atoms with Gasteiger partial charge in [-0.2, -0.15) is 0 Å². The summed E-state index contributed by atoms with van der Waals surface area (Å²) in [6.07, 6.45) is 8.56. The third-order valence-corrected chi connectivity index (χ3v) is 3.77. The normalized spacial score (nSPS) is 15.1. The number of aromatic amines is 1. The van der Waals surface area contributed by atoms with Crippen molar-refractivity contribution in [3.8, 4) is 11.3 Å². The third kappa shape index (κ3) is 2.21. The highest BCUT2D eigenvalue weighted by Gasteiger charge is 2.11. The largest absolute Gasteiger partial charge is 0.345 e. The first kappa shape index (κ1) is 12.2. The Bertz CT molecular complexity index is 818. The molecule has 1 aliphatic rings. The molecular weight excluding hydrogens is 262 g/mol. The van der Waals surface area contributed by atoms with E-state index in [0.29, 0.717) is 0 Å². The van der Waals surface area contributed by atoms with Gasteiger partial charge in [-0.3, -0.25) is 0 Å². The first-order chi connectivity index (χ1) is 10.4. The Kier molecular flexibility index (Phi) is 2.97. The van der Waals surface area contributed by atoms with Crippen molar-refractivity contribution in [1.82, 2.24) is 25.3 Å². The SMILES string of the molecule is C1=C(c2cccc(-c3c[nH]c4ncncc34)n2)CCNC1. The molecule has 0 amide bonds. The Morgan fingerprint density at radius 2 is 2.10 bits per heavy atom. The summed E-state index contributed by atoms with van der Waals surface area (Å²) in [5, 5.41) is 4.33. The summed E-state index contributed by atoms with van der Waals surface area (Å²) < 4.78 is 0. The number of fused-ring (bicyclic) bond motifs is 1. The highest BCUT2D eigenvalue weighted by molar-refractivity contribution is 5.91. The van der Waals surface area contributed by atoms with Gasteiger partial charge in [0.2, 0.25) is 0 Å². The van der Waals surface area contributed by atoms with Crippen LogP contribution < -0.4 is 5.32 Å². The van der Waals surface area contributed by atoms with Crippen LogP contribution >= 0.6 is 0 Å². The number of H-pyrrole nitrogens is 1. The van der Waals surface area contributed by atoms with Crippen molar-refractivity contribution >= 4 is 16.6 Å². The predicted octanol–water partition coefficient (Wildman–Crippen LogP) is 2.40. The van der Waals surface area contributed by atoms with Crippen LogP contribution in [0, 0.1) is 0 Å². The molecule has 0 bridgehead atoms. The fraction of sp³-hybridized carbons (Fsp3) is 0.188. The smallest absolute Gasteiger partial charge is 0.141 e. The Morgan fingerprint density at radius 1 is 1.14 bits per heavy atom. The lowest BCUT2D eigenvalue weighted by Gasteiger charge is -2.14. The maximum absolute atomic E-state index is 4.82. The second-order valence-electron chi connectivity index (χ2n) is 5.08. The van der Waals surface area contributed by atoms with Crippen LogP contribution in [-0.4, -0.2) is 33.0 Å². The quantitative estimate of drug-likeness (QED) is 0.755. The molecule has 21 heavy (non-hydrogen) atoms. The molecule has 1 aliphatic heterocycles. The van der Waals surface area contributed by atoms with Gasteiger partial charge in [0.1, 0.15) is 12.0 Å². The van der Waals surface area contributed by atoms with Gasteiger partial charge in [0, 0.05) is 29.9 Å². The lowest BCUT2D eigenvalue weighted by Crippen LogP contribution is -2.20. The minimum Gasteiger partial charge on any atom is -0.345 e. The molecule has 0 radical (unpaired) electrons. The molecule has 4 rings (SSSR count). The summed E-state index contributed by atoms with van der Waals surface area (Å²) in [6, 6.07) is 6.16. The number of hydrogen-bond donors (Lipinski definition) is 2. The van der Waals surface area contributed by atoms with E-state index in [2.05, 4.69) is 38.5 Å². The van der Waals surface area contributed by atoms with Crippen LogP contribution in [0.5, 0.6) is 0 Å². The highest BCUT2D eigenvalue weighted by atomic mass is 14.9. The minimum atomic E-state index is 0.841. The van der Waals surface area contributed by atoms with Gasteiger partial charge in [-0.1, -0.05) is 12.1 Å². The van der Waals surface area contributed by atoms with Gasteiger partial charge in [0.15, 0.2) is 0 Å². The average molecular weight is 277 g/mol. The number of nitrogens with zero attached hydrogens (tertiary/aromatic N) is 3. The van der Waals surface area contributed by atoms with Gasteiger partial charge in [-0.25, -0.2) is 15.0 Å². The molecule has 5 heteroatoms. The standard InChI is InChI=1S/C16H15N5/c1-2-14(11-4-6-17-7-5-11)21-15(3-1)12-9-19-16-13(12)8-18-10-20-16/h1-4,8-10,17H,5-7H2,(H,18,19,20). The number of nitrogens with one attached hydrogen (secondary N) is 2. The van der Waals surface area contributed by atoms with Crippen molar-refractivity contribution in [2.45, 2.75) is 6.42 Å². The summed E-state index contributed by atoms with van der Waals surface area (Å²) >= 11 is 0. The van der Waals surface area contributed by atoms with Crippen LogP contribution in [0.2, 0.25) is 0 Å². The van der Waals surface area contributed by atoms with Crippen LogP contribution in [0.3, 0.4) is 0 Å². The maximum atomic E-state index is 4.82. The highest BCUT2D eigenvalue weighted by Crippen LogP contribution is 2.27. The molecule has 3 aromatic heterocycles.